The Kier molecular flexibility index (Phi) is 2.63. The number of rotatable bonds is 3. The fraction of sp³-hybridized carbons (Fsp3) is 0.600. The van der Waals surface area contributed by atoms with E-state index in [1.54, 1.807) is 0 Å². The minimum Gasteiger partial charge on any atom is -0.339 e. The molecule has 4 nitrogen and oxygen atoms in total. The summed E-state index contributed by atoms with van der Waals surface area (Å²) < 4.78 is 5.18. The highest BCUT2D eigenvalue weighted by Crippen LogP contribution is 2.26. The van der Waals surface area contributed by atoms with Crippen LogP contribution in [0.4, 0.5) is 0 Å². The fourth-order valence-corrected chi connectivity index (χ4v) is 1.65. The zero-order valence-electron chi connectivity index (χ0n) is 8.31. The van der Waals surface area contributed by atoms with Crippen LogP contribution in [0.2, 0.25) is 0 Å². The normalized spacial score (nSPS) is 25.9. The standard InChI is InChI=1S/C10H15N3O/c1-2-3-9-12-10(14-13-9)7-4-5-8(11)6-7/h4-5,7-8H,2-3,6,11H2,1H3. The van der Waals surface area contributed by atoms with Crippen molar-refractivity contribution in [1.29, 1.82) is 0 Å². The average Bonchev–Trinajstić information content (AvgIpc) is 2.74. The molecule has 1 aromatic rings. The van der Waals surface area contributed by atoms with Gasteiger partial charge in [0.25, 0.3) is 0 Å². The summed E-state index contributed by atoms with van der Waals surface area (Å²) in [7, 11) is 0. The van der Waals surface area contributed by atoms with Crippen LogP contribution in [0.5, 0.6) is 0 Å². The maximum atomic E-state index is 5.75. The average molecular weight is 193 g/mol. The summed E-state index contributed by atoms with van der Waals surface area (Å²) in [5.41, 5.74) is 5.75. The van der Waals surface area contributed by atoms with Gasteiger partial charge in [0.05, 0.1) is 5.92 Å². The molecule has 0 bridgehead atoms. The molecule has 2 N–H and O–H groups in total. The van der Waals surface area contributed by atoms with Crippen molar-refractivity contribution in [2.75, 3.05) is 0 Å². The number of allylic oxidation sites excluding steroid dienone is 1. The Bertz CT molecular complexity index is 332. The van der Waals surface area contributed by atoms with Gasteiger partial charge in [0.15, 0.2) is 5.82 Å². The first-order valence-electron chi connectivity index (χ1n) is 5.06. The van der Waals surface area contributed by atoms with E-state index in [2.05, 4.69) is 17.1 Å². The van der Waals surface area contributed by atoms with Gasteiger partial charge in [-0.25, -0.2) is 0 Å². The summed E-state index contributed by atoms with van der Waals surface area (Å²) in [6, 6.07) is 0.140. The summed E-state index contributed by atoms with van der Waals surface area (Å²) in [4.78, 5) is 4.33. The second-order valence-corrected chi connectivity index (χ2v) is 3.69. The van der Waals surface area contributed by atoms with Gasteiger partial charge in [-0.05, 0) is 12.8 Å². The van der Waals surface area contributed by atoms with Crippen LogP contribution in [-0.4, -0.2) is 16.2 Å². The Morgan fingerprint density at radius 2 is 2.43 bits per heavy atom. The summed E-state index contributed by atoms with van der Waals surface area (Å²) >= 11 is 0. The van der Waals surface area contributed by atoms with E-state index < -0.39 is 0 Å². The Balaban J connectivity index is 2.06. The van der Waals surface area contributed by atoms with Crippen molar-refractivity contribution in [2.45, 2.75) is 38.1 Å². The van der Waals surface area contributed by atoms with Gasteiger partial charge in [-0.2, -0.15) is 4.98 Å². The number of hydrogen-bond acceptors (Lipinski definition) is 4. The molecule has 2 unspecified atom stereocenters. The zero-order chi connectivity index (χ0) is 9.97. The minimum atomic E-state index is 0.140. The molecule has 0 radical (unpaired) electrons. The van der Waals surface area contributed by atoms with Crippen molar-refractivity contribution in [3.63, 3.8) is 0 Å². The van der Waals surface area contributed by atoms with Crippen LogP contribution in [0.25, 0.3) is 0 Å². The highest BCUT2D eigenvalue weighted by atomic mass is 16.5. The predicted molar refractivity (Wildman–Crippen MR) is 52.8 cm³/mol. The SMILES string of the molecule is CCCc1noc(C2C=CC(N)C2)n1. The Morgan fingerprint density at radius 1 is 1.57 bits per heavy atom. The highest BCUT2D eigenvalue weighted by molar-refractivity contribution is 5.15. The lowest BCUT2D eigenvalue weighted by Crippen LogP contribution is -2.14. The molecule has 0 spiro atoms. The van der Waals surface area contributed by atoms with E-state index in [0.717, 1.165) is 25.1 Å². The Hall–Kier alpha value is -1.16. The third-order valence-corrected chi connectivity index (χ3v) is 2.39. The third kappa shape index (κ3) is 1.85. The van der Waals surface area contributed by atoms with Gasteiger partial charge in [-0.3, -0.25) is 0 Å². The molecule has 1 heterocycles. The van der Waals surface area contributed by atoms with Crippen molar-refractivity contribution >= 4 is 0 Å². The number of hydrogen-bond donors (Lipinski definition) is 1. The molecule has 14 heavy (non-hydrogen) atoms. The second kappa shape index (κ2) is 3.92. The van der Waals surface area contributed by atoms with Crippen LogP contribution in [0.3, 0.4) is 0 Å². The van der Waals surface area contributed by atoms with Crippen LogP contribution in [0.1, 0.15) is 37.4 Å². The van der Waals surface area contributed by atoms with E-state index in [4.69, 9.17) is 10.3 Å². The van der Waals surface area contributed by atoms with Crippen molar-refractivity contribution in [3.8, 4) is 0 Å². The van der Waals surface area contributed by atoms with Crippen LogP contribution in [0, 0.1) is 0 Å². The molecule has 0 saturated heterocycles. The maximum absolute atomic E-state index is 5.75. The van der Waals surface area contributed by atoms with Crippen LogP contribution in [-0.2, 0) is 6.42 Å². The molecule has 0 saturated carbocycles. The number of nitrogens with two attached hydrogens (primary N) is 1. The predicted octanol–water partition coefficient (Wildman–Crippen LogP) is 1.39. The Morgan fingerprint density at radius 3 is 3.07 bits per heavy atom. The van der Waals surface area contributed by atoms with Crippen molar-refractivity contribution in [3.05, 3.63) is 23.9 Å². The second-order valence-electron chi connectivity index (χ2n) is 3.69. The molecule has 2 atom stereocenters. The van der Waals surface area contributed by atoms with Crippen LogP contribution >= 0.6 is 0 Å². The molecule has 0 aliphatic heterocycles. The van der Waals surface area contributed by atoms with Gasteiger partial charge in [0, 0.05) is 12.5 Å². The van der Waals surface area contributed by atoms with Gasteiger partial charge >= 0.3 is 0 Å². The molecule has 1 aliphatic carbocycles. The van der Waals surface area contributed by atoms with E-state index in [1.807, 2.05) is 12.2 Å². The van der Waals surface area contributed by atoms with Gasteiger partial charge in [-0.1, -0.05) is 24.2 Å². The quantitative estimate of drug-likeness (QED) is 0.737. The summed E-state index contributed by atoms with van der Waals surface area (Å²) in [6.45, 7) is 2.10. The van der Waals surface area contributed by atoms with Gasteiger partial charge < -0.3 is 10.3 Å². The van der Waals surface area contributed by atoms with Crippen molar-refractivity contribution in [2.24, 2.45) is 5.73 Å². The number of aryl methyl sites for hydroxylation is 1. The van der Waals surface area contributed by atoms with E-state index in [9.17, 15) is 0 Å². The smallest absolute Gasteiger partial charge is 0.233 e. The first-order valence-corrected chi connectivity index (χ1v) is 5.06. The zero-order valence-corrected chi connectivity index (χ0v) is 8.31. The van der Waals surface area contributed by atoms with Crippen molar-refractivity contribution < 1.29 is 4.52 Å². The number of nitrogens with zero attached hydrogens (tertiary/aromatic N) is 2. The molecule has 0 amide bonds. The fourth-order valence-electron chi connectivity index (χ4n) is 1.65. The third-order valence-electron chi connectivity index (χ3n) is 2.39. The van der Waals surface area contributed by atoms with E-state index >= 15 is 0 Å². The molecular formula is C10H15N3O. The first kappa shape index (κ1) is 9.40. The first-order chi connectivity index (χ1) is 6.79. The summed E-state index contributed by atoms with van der Waals surface area (Å²) in [5.74, 6) is 1.73. The molecule has 4 heteroatoms. The van der Waals surface area contributed by atoms with Gasteiger partial charge in [0.2, 0.25) is 5.89 Å². The largest absolute Gasteiger partial charge is 0.339 e. The van der Waals surface area contributed by atoms with Crippen LogP contribution in [0.15, 0.2) is 16.7 Å². The summed E-state index contributed by atoms with van der Waals surface area (Å²) in [6.07, 6.45) is 6.85. The van der Waals surface area contributed by atoms with E-state index in [1.165, 1.54) is 0 Å². The van der Waals surface area contributed by atoms with Gasteiger partial charge in [-0.15, -0.1) is 0 Å². The topological polar surface area (TPSA) is 64.9 Å². The molecule has 76 valence electrons. The molecule has 0 aromatic carbocycles. The van der Waals surface area contributed by atoms with E-state index in [0.29, 0.717) is 5.89 Å². The lowest BCUT2D eigenvalue weighted by Gasteiger charge is -2.01. The molecule has 0 fully saturated rings. The maximum Gasteiger partial charge on any atom is 0.233 e. The van der Waals surface area contributed by atoms with Gasteiger partial charge in [0.1, 0.15) is 0 Å². The molecular weight excluding hydrogens is 178 g/mol. The highest BCUT2D eigenvalue weighted by Gasteiger charge is 2.22. The lowest BCUT2D eigenvalue weighted by molar-refractivity contribution is 0.360. The molecule has 2 rings (SSSR count). The van der Waals surface area contributed by atoms with Crippen molar-refractivity contribution in [1.82, 2.24) is 10.1 Å². The minimum absolute atomic E-state index is 0.140. The van der Waals surface area contributed by atoms with E-state index in [-0.39, 0.29) is 12.0 Å². The summed E-state index contributed by atoms with van der Waals surface area (Å²) in [5, 5.41) is 3.91. The Labute approximate surface area is 83.2 Å². The monoisotopic (exact) mass is 193 g/mol. The number of aromatic nitrogens is 2. The lowest BCUT2D eigenvalue weighted by atomic mass is 10.1. The molecule has 1 aliphatic rings. The molecule has 1 aromatic heterocycles. The van der Waals surface area contributed by atoms with Crippen LogP contribution < -0.4 is 5.73 Å².